The SMILES string of the molecule is CCN(CC)Cc1ccccc1CNC(=O)CCS(=O)(=O)c1ccc(Cl)cc1. The third-order valence-electron chi connectivity index (χ3n) is 4.65. The smallest absolute Gasteiger partial charge is 0.221 e. The molecule has 0 fully saturated rings. The summed E-state index contributed by atoms with van der Waals surface area (Å²) in [5.41, 5.74) is 2.21. The number of carbonyl (C=O) groups excluding carboxylic acids is 1. The van der Waals surface area contributed by atoms with Crippen LogP contribution in [0.25, 0.3) is 0 Å². The van der Waals surface area contributed by atoms with Gasteiger partial charge in [-0.3, -0.25) is 9.69 Å². The highest BCUT2D eigenvalue weighted by Gasteiger charge is 2.16. The summed E-state index contributed by atoms with van der Waals surface area (Å²) < 4.78 is 24.7. The molecule has 0 spiro atoms. The molecule has 0 aliphatic carbocycles. The molecular weight excluding hydrogens is 396 g/mol. The molecule has 1 N–H and O–H groups in total. The van der Waals surface area contributed by atoms with Crippen LogP contribution in [0.2, 0.25) is 5.02 Å². The molecule has 0 saturated carbocycles. The first-order valence-electron chi connectivity index (χ1n) is 9.40. The Balaban J connectivity index is 1.91. The Bertz CT molecular complexity index is 879. The Hall–Kier alpha value is -1.89. The third-order valence-corrected chi connectivity index (χ3v) is 6.64. The number of carbonyl (C=O) groups is 1. The summed E-state index contributed by atoms with van der Waals surface area (Å²) in [6, 6.07) is 14.0. The average Bonchev–Trinajstić information content (AvgIpc) is 2.70. The Labute approximate surface area is 172 Å². The monoisotopic (exact) mass is 422 g/mol. The van der Waals surface area contributed by atoms with E-state index in [1.807, 2.05) is 18.2 Å². The lowest BCUT2D eigenvalue weighted by molar-refractivity contribution is -0.120. The van der Waals surface area contributed by atoms with E-state index in [0.717, 1.165) is 25.2 Å². The highest BCUT2D eigenvalue weighted by Crippen LogP contribution is 2.16. The fourth-order valence-corrected chi connectivity index (χ4v) is 4.21. The van der Waals surface area contributed by atoms with Gasteiger partial charge in [-0.25, -0.2) is 8.42 Å². The van der Waals surface area contributed by atoms with Crippen LogP contribution >= 0.6 is 11.6 Å². The Morgan fingerprint density at radius 3 is 2.21 bits per heavy atom. The van der Waals surface area contributed by atoms with Gasteiger partial charge < -0.3 is 5.32 Å². The zero-order valence-electron chi connectivity index (χ0n) is 16.3. The van der Waals surface area contributed by atoms with Crippen molar-refractivity contribution in [2.75, 3.05) is 18.8 Å². The molecule has 0 bridgehead atoms. The quantitative estimate of drug-likeness (QED) is 0.634. The van der Waals surface area contributed by atoms with Crippen LogP contribution in [0.3, 0.4) is 0 Å². The van der Waals surface area contributed by atoms with Crippen molar-refractivity contribution in [1.29, 1.82) is 0 Å². The van der Waals surface area contributed by atoms with Gasteiger partial charge in [0.1, 0.15) is 0 Å². The molecule has 0 atom stereocenters. The van der Waals surface area contributed by atoms with E-state index < -0.39 is 9.84 Å². The van der Waals surface area contributed by atoms with E-state index in [1.165, 1.54) is 29.8 Å². The molecule has 28 heavy (non-hydrogen) atoms. The molecule has 0 heterocycles. The van der Waals surface area contributed by atoms with Crippen molar-refractivity contribution in [3.63, 3.8) is 0 Å². The van der Waals surface area contributed by atoms with Gasteiger partial charge >= 0.3 is 0 Å². The Morgan fingerprint density at radius 1 is 1.00 bits per heavy atom. The lowest BCUT2D eigenvalue weighted by atomic mass is 10.1. The highest BCUT2D eigenvalue weighted by atomic mass is 35.5. The number of nitrogens with zero attached hydrogens (tertiary/aromatic N) is 1. The second-order valence-electron chi connectivity index (χ2n) is 6.53. The molecule has 2 aromatic rings. The van der Waals surface area contributed by atoms with E-state index in [0.29, 0.717) is 11.6 Å². The zero-order valence-corrected chi connectivity index (χ0v) is 17.9. The van der Waals surface area contributed by atoms with Gasteiger partial charge in [-0.05, 0) is 48.5 Å². The summed E-state index contributed by atoms with van der Waals surface area (Å²) in [5.74, 6) is -0.517. The number of amides is 1. The lowest BCUT2D eigenvalue weighted by Gasteiger charge is -2.20. The van der Waals surface area contributed by atoms with Crippen LogP contribution in [0.1, 0.15) is 31.4 Å². The van der Waals surface area contributed by atoms with Gasteiger partial charge in [0.15, 0.2) is 9.84 Å². The molecule has 0 aliphatic rings. The molecule has 0 saturated heterocycles. The van der Waals surface area contributed by atoms with E-state index in [9.17, 15) is 13.2 Å². The van der Waals surface area contributed by atoms with E-state index >= 15 is 0 Å². The number of nitrogens with one attached hydrogen (secondary N) is 1. The first-order chi connectivity index (χ1) is 13.4. The van der Waals surface area contributed by atoms with Crippen molar-refractivity contribution in [1.82, 2.24) is 10.2 Å². The highest BCUT2D eigenvalue weighted by molar-refractivity contribution is 7.91. The maximum Gasteiger partial charge on any atom is 0.221 e. The molecule has 0 unspecified atom stereocenters. The topological polar surface area (TPSA) is 66.5 Å². The van der Waals surface area contributed by atoms with Gasteiger partial charge in [0.2, 0.25) is 5.91 Å². The van der Waals surface area contributed by atoms with Gasteiger partial charge in [-0.1, -0.05) is 49.7 Å². The van der Waals surface area contributed by atoms with Gasteiger partial charge in [-0.15, -0.1) is 0 Å². The van der Waals surface area contributed by atoms with Gasteiger partial charge in [-0.2, -0.15) is 0 Å². The second kappa shape index (κ2) is 10.6. The normalized spacial score (nSPS) is 11.6. The third kappa shape index (κ3) is 6.62. The molecule has 5 nitrogen and oxygen atoms in total. The number of halogens is 1. The largest absolute Gasteiger partial charge is 0.352 e. The molecule has 2 aromatic carbocycles. The van der Waals surface area contributed by atoms with Crippen LogP contribution < -0.4 is 5.32 Å². The molecule has 7 heteroatoms. The molecule has 0 aliphatic heterocycles. The standard InChI is InChI=1S/C21H27ClN2O3S/c1-3-24(4-2)16-18-8-6-5-7-17(18)15-23-21(25)13-14-28(26,27)20-11-9-19(22)10-12-20/h5-12H,3-4,13-16H2,1-2H3,(H,23,25). The van der Waals surface area contributed by atoms with Crippen LogP contribution in [0.4, 0.5) is 0 Å². The first-order valence-corrected chi connectivity index (χ1v) is 11.4. The minimum atomic E-state index is -3.51. The molecule has 0 radical (unpaired) electrons. The van der Waals surface area contributed by atoms with Crippen LogP contribution in [0.15, 0.2) is 53.4 Å². The van der Waals surface area contributed by atoms with E-state index in [1.54, 1.807) is 0 Å². The van der Waals surface area contributed by atoms with E-state index in [-0.39, 0.29) is 23.0 Å². The van der Waals surface area contributed by atoms with E-state index in [2.05, 4.69) is 30.1 Å². The van der Waals surface area contributed by atoms with Crippen LogP contribution in [-0.2, 0) is 27.7 Å². The summed E-state index contributed by atoms with van der Waals surface area (Å²) >= 11 is 5.79. The van der Waals surface area contributed by atoms with Gasteiger partial charge in [0.25, 0.3) is 0 Å². The van der Waals surface area contributed by atoms with Crippen molar-refractivity contribution in [3.05, 3.63) is 64.7 Å². The van der Waals surface area contributed by atoms with Gasteiger partial charge in [0.05, 0.1) is 10.6 Å². The summed E-state index contributed by atoms with van der Waals surface area (Å²) in [6.45, 7) is 7.37. The molecule has 2 rings (SSSR count). The van der Waals surface area contributed by atoms with Crippen LogP contribution in [0, 0.1) is 0 Å². The Morgan fingerprint density at radius 2 is 1.61 bits per heavy atom. The maximum absolute atomic E-state index is 12.3. The van der Waals surface area contributed by atoms with Crippen molar-refractivity contribution in [3.8, 4) is 0 Å². The Kier molecular flexibility index (Phi) is 8.48. The van der Waals surface area contributed by atoms with Crippen LogP contribution in [0.5, 0.6) is 0 Å². The molecule has 1 amide bonds. The van der Waals surface area contributed by atoms with Crippen molar-refractivity contribution >= 4 is 27.3 Å². The first kappa shape index (κ1) is 22.4. The predicted molar refractivity (Wildman–Crippen MR) is 113 cm³/mol. The summed E-state index contributed by atoms with van der Waals surface area (Å²) in [4.78, 5) is 14.7. The number of hydrogen-bond donors (Lipinski definition) is 1. The number of hydrogen-bond acceptors (Lipinski definition) is 4. The predicted octanol–water partition coefficient (Wildman–Crippen LogP) is 3.66. The van der Waals surface area contributed by atoms with Crippen LogP contribution in [-0.4, -0.2) is 38.1 Å². The zero-order chi connectivity index (χ0) is 20.6. The minimum absolute atomic E-state index is 0.0802. The average molecular weight is 423 g/mol. The minimum Gasteiger partial charge on any atom is -0.352 e. The van der Waals surface area contributed by atoms with Crippen molar-refractivity contribution < 1.29 is 13.2 Å². The summed E-state index contributed by atoms with van der Waals surface area (Å²) in [5, 5.41) is 3.31. The second-order valence-corrected chi connectivity index (χ2v) is 9.08. The maximum atomic E-state index is 12.3. The van der Waals surface area contributed by atoms with E-state index in [4.69, 9.17) is 11.6 Å². The fourth-order valence-electron chi connectivity index (χ4n) is 2.84. The summed E-state index contributed by atoms with van der Waals surface area (Å²) in [6.07, 6.45) is -0.0802. The number of sulfone groups is 1. The number of rotatable bonds is 10. The fraction of sp³-hybridized carbons (Fsp3) is 0.381. The molecule has 152 valence electrons. The van der Waals surface area contributed by atoms with Crippen molar-refractivity contribution in [2.45, 2.75) is 38.3 Å². The van der Waals surface area contributed by atoms with Crippen molar-refractivity contribution in [2.24, 2.45) is 0 Å². The summed E-state index contributed by atoms with van der Waals surface area (Å²) in [7, 11) is -3.51. The molecular formula is C21H27ClN2O3S. The lowest BCUT2D eigenvalue weighted by Crippen LogP contribution is -2.27. The number of benzene rings is 2. The van der Waals surface area contributed by atoms with Gasteiger partial charge in [0, 0.05) is 24.5 Å². The molecule has 0 aromatic heterocycles.